The zero-order chi connectivity index (χ0) is 29.9. The SMILES string of the molecule is CC(C)c1cccc(C(C)C)c1[N-]C(c1ccccc1)c1csc(-c2ccccc2)n1.C[N-]C.C[N-]C.C[N-]C.[Hf]. The van der Waals surface area contributed by atoms with E-state index in [-0.39, 0.29) is 31.9 Å². The van der Waals surface area contributed by atoms with Crippen molar-refractivity contribution in [3.8, 4) is 10.6 Å². The topological polar surface area (TPSA) is 69.3 Å². The first kappa shape index (κ1) is 38.8. The Labute approximate surface area is 272 Å². The molecule has 1 unspecified atom stereocenters. The predicted octanol–water partition coefficient (Wildman–Crippen LogP) is 10.7. The van der Waals surface area contributed by atoms with Gasteiger partial charge in [0.25, 0.3) is 0 Å². The summed E-state index contributed by atoms with van der Waals surface area (Å²) in [7, 11) is 10.5. The van der Waals surface area contributed by atoms with Gasteiger partial charge in [-0.2, -0.15) is 42.3 Å². The van der Waals surface area contributed by atoms with E-state index < -0.39 is 0 Å². The van der Waals surface area contributed by atoms with Crippen LogP contribution in [0.3, 0.4) is 0 Å². The van der Waals surface area contributed by atoms with E-state index in [1.165, 1.54) is 16.7 Å². The molecule has 1 atom stereocenters. The molecular weight excluding hydrogens is 689 g/mol. The summed E-state index contributed by atoms with van der Waals surface area (Å²) >= 11 is 1.69. The van der Waals surface area contributed by atoms with E-state index in [1.54, 1.807) is 53.6 Å². The van der Waals surface area contributed by atoms with Crippen LogP contribution >= 0.6 is 11.3 Å². The molecule has 0 saturated carbocycles. The number of hydrogen-bond donors (Lipinski definition) is 0. The maximum atomic E-state index is 5.39. The third kappa shape index (κ3) is 13.1. The zero-order valence-electron chi connectivity index (χ0n) is 26.5. The Morgan fingerprint density at radius 3 is 1.49 bits per heavy atom. The first-order valence-electron chi connectivity index (χ1n) is 13.6. The molecule has 0 N–H and O–H groups in total. The van der Waals surface area contributed by atoms with Crippen LogP contribution in [0.25, 0.3) is 31.8 Å². The molecule has 0 amide bonds. The van der Waals surface area contributed by atoms with E-state index in [9.17, 15) is 0 Å². The minimum absolute atomic E-state index is 0. The van der Waals surface area contributed by atoms with Gasteiger partial charge in [-0.3, -0.25) is 0 Å². The summed E-state index contributed by atoms with van der Waals surface area (Å²) < 4.78 is 0. The van der Waals surface area contributed by atoms with E-state index in [2.05, 4.69) is 122 Å². The van der Waals surface area contributed by atoms with Crippen molar-refractivity contribution in [3.63, 3.8) is 0 Å². The maximum Gasteiger partial charge on any atom is 0.123 e. The maximum absolute atomic E-state index is 5.39. The minimum Gasteiger partial charge on any atom is -0.673 e. The van der Waals surface area contributed by atoms with E-state index in [1.807, 2.05) is 6.07 Å². The fraction of sp³-hybridized carbons (Fsp3) is 0.382. The van der Waals surface area contributed by atoms with Crippen molar-refractivity contribution < 1.29 is 25.8 Å². The van der Waals surface area contributed by atoms with Gasteiger partial charge >= 0.3 is 0 Å². The van der Waals surface area contributed by atoms with Gasteiger partial charge in [0.1, 0.15) is 5.01 Å². The van der Waals surface area contributed by atoms with E-state index in [0.29, 0.717) is 11.8 Å². The van der Waals surface area contributed by atoms with Crippen LogP contribution in [0, 0.1) is 0 Å². The van der Waals surface area contributed by atoms with Gasteiger partial charge in [0, 0.05) is 42.5 Å². The molecule has 4 aromatic rings. The number of nitrogens with zero attached hydrogens (tertiary/aromatic N) is 5. The van der Waals surface area contributed by atoms with Crippen LogP contribution in [-0.4, -0.2) is 47.3 Å². The molecule has 0 radical (unpaired) electrons. The molecule has 1 heterocycles. The Morgan fingerprint density at radius 2 is 1.05 bits per heavy atom. The number of rotatable bonds is 7. The van der Waals surface area contributed by atoms with Gasteiger partial charge in [0.05, 0.1) is 0 Å². The summed E-state index contributed by atoms with van der Waals surface area (Å²) in [5.41, 5.74) is 7.03. The van der Waals surface area contributed by atoms with Crippen LogP contribution in [0.4, 0.5) is 5.69 Å². The number of hydrogen-bond acceptors (Lipinski definition) is 2. The summed E-state index contributed by atoms with van der Waals surface area (Å²) in [6, 6.07) is 27.4. The molecule has 222 valence electrons. The van der Waals surface area contributed by atoms with Crippen LogP contribution < -0.4 is 0 Å². The van der Waals surface area contributed by atoms with Gasteiger partial charge < -0.3 is 21.3 Å². The summed E-state index contributed by atoms with van der Waals surface area (Å²) in [6.45, 7) is 8.97. The van der Waals surface area contributed by atoms with Crippen LogP contribution in [0.2, 0.25) is 0 Å². The molecule has 3 aromatic carbocycles. The molecular formula is C34H47HfN5S-4. The van der Waals surface area contributed by atoms with Crippen molar-refractivity contribution >= 4 is 17.0 Å². The largest absolute Gasteiger partial charge is 0.673 e. The molecule has 5 nitrogen and oxygen atoms in total. The van der Waals surface area contributed by atoms with Crippen LogP contribution in [0.5, 0.6) is 0 Å². The van der Waals surface area contributed by atoms with Crippen LogP contribution in [0.15, 0.2) is 84.2 Å². The molecule has 0 aliphatic rings. The minimum atomic E-state index is -0.132. The Morgan fingerprint density at radius 1 is 0.610 bits per heavy atom. The number of para-hydroxylation sites is 1. The first-order chi connectivity index (χ1) is 19.3. The van der Waals surface area contributed by atoms with Crippen molar-refractivity contribution in [2.45, 2.75) is 45.6 Å². The molecule has 0 spiro atoms. The fourth-order valence-electron chi connectivity index (χ4n) is 3.86. The van der Waals surface area contributed by atoms with Crippen molar-refractivity contribution in [2.24, 2.45) is 0 Å². The Bertz CT molecular complexity index is 1150. The van der Waals surface area contributed by atoms with Crippen LogP contribution in [0.1, 0.15) is 68.0 Å². The molecule has 0 aliphatic carbocycles. The van der Waals surface area contributed by atoms with Gasteiger partial charge in [-0.05, 0) is 17.9 Å². The number of aromatic nitrogens is 1. The molecule has 0 bridgehead atoms. The van der Waals surface area contributed by atoms with Gasteiger partial charge in [-0.1, -0.05) is 123 Å². The monoisotopic (exact) mass is 737 g/mol. The van der Waals surface area contributed by atoms with E-state index in [0.717, 1.165) is 22.0 Å². The summed E-state index contributed by atoms with van der Waals surface area (Å²) in [4.78, 5) is 5.03. The van der Waals surface area contributed by atoms with E-state index in [4.69, 9.17) is 10.3 Å². The van der Waals surface area contributed by atoms with Gasteiger partial charge in [-0.15, -0.1) is 17.0 Å². The fourth-order valence-corrected chi connectivity index (χ4v) is 4.71. The quantitative estimate of drug-likeness (QED) is 0.174. The molecule has 0 saturated heterocycles. The Balaban J connectivity index is 0.00000142. The number of benzene rings is 3. The summed E-state index contributed by atoms with van der Waals surface area (Å²) in [6.07, 6.45) is 0. The molecule has 7 heteroatoms. The molecule has 4 rings (SSSR count). The van der Waals surface area contributed by atoms with Crippen LogP contribution in [-0.2, 0) is 25.8 Å². The summed E-state index contributed by atoms with van der Waals surface area (Å²) in [5, 5.41) is 19.1. The molecule has 1 aromatic heterocycles. The van der Waals surface area contributed by atoms with Crippen molar-refractivity contribution in [3.05, 3.63) is 128 Å². The van der Waals surface area contributed by atoms with Gasteiger partial charge in [0.15, 0.2) is 0 Å². The first-order valence-corrected chi connectivity index (χ1v) is 14.5. The Hall–Kier alpha value is -2.16. The second kappa shape index (κ2) is 22.4. The van der Waals surface area contributed by atoms with E-state index >= 15 is 0 Å². The average Bonchev–Trinajstić information content (AvgIpc) is 3.44. The zero-order valence-corrected chi connectivity index (χ0v) is 30.9. The molecule has 0 fully saturated rings. The standard InChI is InChI=1S/C28H29N2S.3C2H6N.Hf/c1-19(2)23-16-11-17-24(20(3)4)27(23)30-26(21-12-7-5-8-13-21)25-18-31-28(29-25)22-14-9-6-10-15-22;3*1-3-2;/h5-20,26H,1-4H3;3*1-2H3;/q4*-1;. The normalized spacial score (nSPS) is 10.6. The summed E-state index contributed by atoms with van der Waals surface area (Å²) in [5.74, 6) is 0.813. The Kier molecular flexibility index (Phi) is 21.3. The van der Waals surface area contributed by atoms with Gasteiger partial charge in [-0.25, -0.2) is 4.98 Å². The molecule has 41 heavy (non-hydrogen) atoms. The van der Waals surface area contributed by atoms with Gasteiger partial charge in [0.2, 0.25) is 0 Å². The molecule has 0 aliphatic heterocycles. The number of thiazole rings is 1. The second-order valence-corrected chi connectivity index (χ2v) is 10.7. The third-order valence-electron chi connectivity index (χ3n) is 5.54. The van der Waals surface area contributed by atoms with Crippen molar-refractivity contribution in [1.82, 2.24) is 4.98 Å². The van der Waals surface area contributed by atoms with Crippen molar-refractivity contribution in [1.29, 1.82) is 0 Å². The second-order valence-electron chi connectivity index (χ2n) is 9.82. The van der Waals surface area contributed by atoms with Crippen molar-refractivity contribution in [2.75, 3.05) is 42.3 Å². The third-order valence-corrected chi connectivity index (χ3v) is 6.45. The smallest absolute Gasteiger partial charge is 0.123 e. The predicted molar refractivity (Wildman–Crippen MR) is 179 cm³/mol. The average molecular weight is 736 g/mol.